The van der Waals surface area contributed by atoms with Crippen molar-refractivity contribution in [3.63, 3.8) is 0 Å². The van der Waals surface area contributed by atoms with Gasteiger partial charge in [-0.3, -0.25) is 0 Å². The molecule has 0 unspecified atom stereocenters. The first-order valence-corrected chi connectivity index (χ1v) is 9.08. The molecular formula is C20H17N5O5. The maximum absolute atomic E-state index is 12.3. The van der Waals surface area contributed by atoms with Gasteiger partial charge in [0.25, 0.3) is 0 Å². The first kappa shape index (κ1) is 19.2. The van der Waals surface area contributed by atoms with Crippen molar-refractivity contribution in [1.29, 1.82) is 0 Å². The minimum absolute atomic E-state index is 0.114. The van der Waals surface area contributed by atoms with Crippen molar-refractivity contribution in [1.82, 2.24) is 19.6 Å². The van der Waals surface area contributed by atoms with Crippen LogP contribution in [0, 0.1) is 13.5 Å². The third kappa shape index (κ3) is 3.37. The lowest BCUT2D eigenvalue weighted by molar-refractivity contribution is 0.0443. The van der Waals surface area contributed by atoms with Gasteiger partial charge in [-0.15, -0.1) is 0 Å². The van der Waals surface area contributed by atoms with E-state index < -0.39 is 11.8 Å². The normalized spacial score (nSPS) is 11.2. The molecule has 0 spiro atoms. The van der Waals surface area contributed by atoms with Crippen molar-refractivity contribution in [2.24, 2.45) is 0 Å². The van der Waals surface area contributed by atoms with Crippen LogP contribution in [-0.2, 0) is 11.3 Å². The van der Waals surface area contributed by atoms with Gasteiger partial charge in [0, 0.05) is 11.6 Å². The number of esters is 1. The molecule has 0 bridgehead atoms. The summed E-state index contributed by atoms with van der Waals surface area (Å²) in [6.07, 6.45) is 2.89. The molecule has 0 aliphatic heterocycles. The van der Waals surface area contributed by atoms with Crippen LogP contribution >= 0.6 is 0 Å². The van der Waals surface area contributed by atoms with E-state index in [4.69, 9.17) is 20.1 Å². The Kier molecular flexibility index (Phi) is 4.71. The zero-order chi connectivity index (χ0) is 21.4. The van der Waals surface area contributed by atoms with Crippen LogP contribution in [0.4, 0.5) is 5.82 Å². The van der Waals surface area contributed by atoms with Crippen molar-refractivity contribution in [3.05, 3.63) is 69.7 Å². The van der Waals surface area contributed by atoms with E-state index in [1.165, 1.54) is 17.1 Å². The van der Waals surface area contributed by atoms with Crippen LogP contribution in [0.1, 0.15) is 41.8 Å². The second-order valence-corrected chi connectivity index (χ2v) is 6.86. The quantitative estimate of drug-likeness (QED) is 0.367. The predicted molar refractivity (Wildman–Crippen MR) is 105 cm³/mol. The van der Waals surface area contributed by atoms with E-state index in [9.17, 15) is 9.59 Å². The van der Waals surface area contributed by atoms with Gasteiger partial charge in [-0.05, 0) is 44.1 Å². The average Bonchev–Trinajstić information content (AvgIpc) is 3.42. The third-order valence-electron chi connectivity index (χ3n) is 4.52. The average molecular weight is 407 g/mol. The number of carbonyl (C=O) groups is 1. The Bertz CT molecular complexity index is 1350. The van der Waals surface area contributed by atoms with E-state index in [1.807, 2.05) is 26.0 Å². The van der Waals surface area contributed by atoms with Crippen LogP contribution in [0.2, 0.25) is 0 Å². The first-order valence-electron chi connectivity index (χ1n) is 9.08. The summed E-state index contributed by atoms with van der Waals surface area (Å²) in [5.41, 5.74) is 1.75. The lowest BCUT2D eigenvalue weighted by atomic mass is 10.2. The Morgan fingerprint density at radius 2 is 2.13 bits per heavy atom. The number of fused-ring (bicyclic) bond motifs is 1. The number of hydrogen-bond acceptors (Lipinski definition) is 7. The van der Waals surface area contributed by atoms with Crippen LogP contribution in [0.3, 0.4) is 0 Å². The lowest BCUT2D eigenvalue weighted by Crippen LogP contribution is -2.04. The van der Waals surface area contributed by atoms with E-state index in [2.05, 4.69) is 15.0 Å². The Balaban J connectivity index is 1.58. The summed E-state index contributed by atoms with van der Waals surface area (Å²) in [7, 11) is 0. The van der Waals surface area contributed by atoms with E-state index in [0.29, 0.717) is 16.9 Å². The van der Waals surface area contributed by atoms with Crippen LogP contribution in [0.25, 0.3) is 21.4 Å². The summed E-state index contributed by atoms with van der Waals surface area (Å²) in [5.74, 6) is -0.750. The fraction of sp³-hybridized carbons (Fsp3) is 0.250. The maximum Gasteiger partial charge on any atom is 0.519 e. The molecule has 0 aliphatic rings. The second-order valence-electron chi connectivity index (χ2n) is 6.86. The highest BCUT2D eigenvalue weighted by Crippen LogP contribution is 2.29. The number of carbonyl (C=O) groups excluding carboxylic acids is 1. The molecule has 0 aliphatic carbocycles. The molecule has 0 saturated carbocycles. The molecule has 1 aromatic carbocycles. The lowest BCUT2D eigenvalue weighted by Gasteiger charge is -2.05. The van der Waals surface area contributed by atoms with E-state index in [1.54, 1.807) is 17.7 Å². The summed E-state index contributed by atoms with van der Waals surface area (Å²) in [4.78, 5) is 26.9. The van der Waals surface area contributed by atoms with Gasteiger partial charge in [0.15, 0.2) is 18.1 Å². The molecule has 0 radical (unpaired) electrons. The number of aromatic nitrogens is 4. The van der Waals surface area contributed by atoms with E-state index in [0.717, 1.165) is 5.52 Å². The third-order valence-corrected chi connectivity index (χ3v) is 4.52. The monoisotopic (exact) mass is 407 g/mol. The van der Waals surface area contributed by atoms with Gasteiger partial charge in [0.05, 0.1) is 29.0 Å². The van der Waals surface area contributed by atoms with Gasteiger partial charge in [-0.2, -0.15) is 9.78 Å². The highest BCUT2D eigenvalue weighted by atomic mass is 16.6. The van der Waals surface area contributed by atoms with Crippen LogP contribution in [0.5, 0.6) is 0 Å². The van der Waals surface area contributed by atoms with E-state index >= 15 is 0 Å². The Hall–Kier alpha value is -4.13. The number of hydrogen-bond donors (Lipinski definition) is 0. The van der Waals surface area contributed by atoms with Crippen LogP contribution in [0.15, 0.2) is 44.2 Å². The summed E-state index contributed by atoms with van der Waals surface area (Å²) in [6, 6.07) is 5.63. The zero-order valence-electron chi connectivity index (χ0n) is 16.4. The van der Waals surface area contributed by atoms with Crippen molar-refractivity contribution < 1.29 is 18.4 Å². The Morgan fingerprint density at radius 3 is 2.80 bits per heavy atom. The molecule has 0 saturated heterocycles. The summed E-state index contributed by atoms with van der Waals surface area (Å²) in [5, 5.41) is 9.27. The van der Waals surface area contributed by atoms with Crippen molar-refractivity contribution in [2.45, 2.75) is 33.4 Å². The second kappa shape index (κ2) is 7.36. The molecule has 4 rings (SSSR count). The topological polar surface area (TPSA) is 110 Å². The molecule has 152 valence electrons. The number of rotatable bonds is 5. The molecule has 30 heavy (non-hydrogen) atoms. The fourth-order valence-corrected chi connectivity index (χ4v) is 3.02. The standard InChI is InChI=1S/C20H17N5O5/c1-11(2)25-16-6-5-14(7-15(16)18(21-4)23-25)24-9-13(8-22-24)19(26)28-10-17-12(3)29-20(27)30-17/h5-9,11H,10H2,1-3H3. The molecule has 4 aromatic rings. The molecule has 10 heteroatoms. The number of aryl methyl sites for hydroxylation is 1. The Labute approximate surface area is 170 Å². The largest absolute Gasteiger partial charge is 0.519 e. The zero-order valence-corrected chi connectivity index (χ0v) is 16.4. The van der Waals surface area contributed by atoms with Gasteiger partial charge >= 0.3 is 17.6 Å². The summed E-state index contributed by atoms with van der Waals surface area (Å²) >= 11 is 0. The molecule has 10 nitrogen and oxygen atoms in total. The van der Waals surface area contributed by atoms with Gasteiger partial charge in [-0.25, -0.2) is 14.3 Å². The van der Waals surface area contributed by atoms with Crippen LogP contribution in [-0.4, -0.2) is 25.5 Å². The van der Waals surface area contributed by atoms with E-state index in [-0.39, 0.29) is 29.7 Å². The SMILES string of the molecule is [C-]#[N+]c1nn(C(C)C)c2ccc(-n3cc(C(=O)OCc4oc(=O)oc4C)cn3)cc12. The molecule has 0 amide bonds. The predicted octanol–water partition coefficient (Wildman–Crippen LogP) is 3.57. The van der Waals surface area contributed by atoms with Gasteiger partial charge < -0.3 is 18.4 Å². The minimum Gasteiger partial charge on any atom is -0.454 e. The summed E-state index contributed by atoms with van der Waals surface area (Å²) < 4.78 is 18.0. The molecule has 3 heterocycles. The number of ether oxygens (including phenoxy) is 1. The first-order chi connectivity index (χ1) is 14.4. The molecule has 0 fully saturated rings. The Morgan fingerprint density at radius 1 is 1.33 bits per heavy atom. The fourth-order valence-electron chi connectivity index (χ4n) is 3.02. The van der Waals surface area contributed by atoms with Gasteiger partial charge in [0.1, 0.15) is 0 Å². The van der Waals surface area contributed by atoms with Crippen LogP contribution < -0.4 is 5.82 Å². The highest BCUT2D eigenvalue weighted by molar-refractivity contribution is 5.92. The smallest absolute Gasteiger partial charge is 0.454 e. The highest BCUT2D eigenvalue weighted by Gasteiger charge is 2.18. The molecule has 3 aromatic heterocycles. The van der Waals surface area contributed by atoms with Gasteiger partial charge in [0.2, 0.25) is 0 Å². The van der Waals surface area contributed by atoms with Gasteiger partial charge in [-0.1, -0.05) is 6.57 Å². The number of benzene rings is 1. The van der Waals surface area contributed by atoms with Crippen molar-refractivity contribution in [2.75, 3.05) is 0 Å². The minimum atomic E-state index is -0.846. The number of nitrogens with zero attached hydrogens (tertiary/aromatic N) is 5. The van der Waals surface area contributed by atoms with Crippen molar-refractivity contribution >= 4 is 22.7 Å². The maximum atomic E-state index is 12.3. The molecular weight excluding hydrogens is 390 g/mol. The summed E-state index contributed by atoms with van der Waals surface area (Å²) in [6.45, 7) is 12.7. The van der Waals surface area contributed by atoms with Crippen molar-refractivity contribution in [3.8, 4) is 5.69 Å². The molecule has 0 atom stereocenters. The molecule has 0 N–H and O–H groups in total.